The minimum absolute atomic E-state index is 0.0985. The van der Waals surface area contributed by atoms with Crippen molar-refractivity contribution in [3.05, 3.63) is 70.8 Å². The molecule has 0 unspecified atom stereocenters. The van der Waals surface area contributed by atoms with Crippen molar-refractivity contribution in [3.63, 3.8) is 0 Å². The number of carbonyl (C=O) groups is 2. The van der Waals surface area contributed by atoms with Gasteiger partial charge in [0.1, 0.15) is 0 Å². The first-order valence-corrected chi connectivity index (χ1v) is 8.33. The molecule has 0 bridgehead atoms. The molecule has 5 heteroatoms. The van der Waals surface area contributed by atoms with E-state index in [0.29, 0.717) is 31.7 Å². The van der Waals surface area contributed by atoms with Crippen LogP contribution in [0.25, 0.3) is 0 Å². The molecule has 0 radical (unpaired) electrons. The highest BCUT2D eigenvalue weighted by Crippen LogP contribution is 2.11. The number of aryl methyl sites for hydroxylation is 1. The Balaban J connectivity index is 1.80. The number of carbonyl (C=O) groups excluding carboxylic acids is 1. The first kappa shape index (κ1) is 18.7. The largest absolute Gasteiger partial charge is 0.478 e. The van der Waals surface area contributed by atoms with E-state index in [0.717, 1.165) is 11.1 Å². The van der Waals surface area contributed by atoms with Crippen molar-refractivity contribution in [2.45, 2.75) is 32.9 Å². The lowest BCUT2D eigenvalue weighted by atomic mass is 10.0. The molecular formula is C20H23NO4. The average molecular weight is 341 g/mol. The Bertz CT molecular complexity index is 710. The van der Waals surface area contributed by atoms with E-state index in [1.54, 1.807) is 24.3 Å². The fourth-order valence-electron chi connectivity index (χ4n) is 2.46. The summed E-state index contributed by atoms with van der Waals surface area (Å²) in [5.74, 6) is -1.07. The smallest absolute Gasteiger partial charge is 0.335 e. The third kappa shape index (κ3) is 6.04. The SMILES string of the molecule is CCOCc1ccc(CNC(=O)CCc2ccccc2C(=O)O)cc1. The molecule has 0 atom stereocenters. The quantitative estimate of drug-likeness (QED) is 0.734. The molecule has 0 saturated heterocycles. The van der Waals surface area contributed by atoms with Crippen LogP contribution < -0.4 is 5.32 Å². The Kier molecular flexibility index (Phi) is 7.16. The number of aromatic carboxylic acids is 1. The summed E-state index contributed by atoms with van der Waals surface area (Å²) < 4.78 is 5.35. The number of hydrogen-bond acceptors (Lipinski definition) is 3. The molecule has 5 nitrogen and oxygen atoms in total. The van der Waals surface area contributed by atoms with E-state index in [9.17, 15) is 9.59 Å². The lowest BCUT2D eigenvalue weighted by Crippen LogP contribution is -2.23. The van der Waals surface area contributed by atoms with Gasteiger partial charge in [-0.3, -0.25) is 4.79 Å². The van der Waals surface area contributed by atoms with E-state index in [-0.39, 0.29) is 17.9 Å². The van der Waals surface area contributed by atoms with E-state index in [4.69, 9.17) is 9.84 Å². The second-order valence-electron chi connectivity index (χ2n) is 5.69. The highest BCUT2D eigenvalue weighted by atomic mass is 16.5. The minimum atomic E-state index is -0.969. The maximum absolute atomic E-state index is 12.0. The topological polar surface area (TPSA) is 75.6 Å². The van der Waals surface area contributed by atoms with Crippen LogP contribution in [0.3, 0.4) is 0 Å². The molecule has 0 aliphatic rings. The first-order chi connectivity index (χ1) is 12.1. The molecule has 2 N–H and O–H groups in total. The van der Waals surface area contributed by atoms with Crippen LogP contribution in [0.5, 0.6) is 0 Å². The predicted octanol–water partition coefficient (Wildman–Crippen LogP) is 3.17. The molecule has 0 heterocycles. The van der Waals surface area contributed by atoms with Crippen LogP contribution >= 0.6 is 0 Å². The van der Waals surface area contributed by atoms with E-state index in [2.05, 4.69) is 5.32 Å². The Labute approximate surface area is 147 Å². The first-order valence-electron chi connectivity index (χ1n) is 8.33. The molecule has 2 aromatic rings. The third-order valence-electron chi connectivity index (χ3n) is 3.85. The number of benzene rings is 2. The van der Waals surface area contributed by atoms with Gasteiger partial charge in [0.2, 0.25) is 5.91 Å². The van der Waals surface area contributed by atoms with Gasteiger partial charge in [-0.2, -0.15) is 0 Å². The molecule has 25 heavy (non-hydrogen) atoms. The van der Waals surface area contributed by atoms with Gasteiger partial charge in [0.25, 0.3) is 0 Å². The summed E-state index contributed by atoms with van der Waals surface area (Å²) >= 11 is 0. The van der Waals surface area contributed by atoms with E-state index >= 15 is 0 Å². The maximum atomic E-state index is 12.0. The van der Waals surface area contributed by atoms with Crippen molar-refractivity contribution in [1.29, 1.82) is 0 Å². The van der Waals surface area contributed by atoms with Crippen molar-refractivity contribution in [2.75, 3.05) is 6.61 Å². The van der Waals surface area contributed by atoms with Crippen LogP contribution in [0.4, 0.5) is 0 Å². The molecule has 132 valence electrons. The summed E-state index contributed by atoms with van der Waals surface area (Å²) in [5, 5.41) is 12.0. The Morgan fingerprint density at radius 3 is 2.40 bits per heavy atom. The average Bonchev–Trinajstić information content (AvgIpc) is 2.64. The molecule has 0 fully saturated rings. The standard InChI is InChI=1S/C20H23NO4/c1-2-25-14-16-9-7-15(8-10-16)13-21-19(22)12-11-17-5-3-4-6-18(17)20(23)24/h3-10H,2,11-14H2,1H3,(H,21,22)(H,23,24). The lowest BCUT2D eigenvalue weighted by Gasteiger charge is -2.08. The van der Waals surface area contributed by atoms with Gasteiger partial charge in [0.05, 0.1) is 12.2 Å². The lowest BCUT2D eigenvalue weighted by molar-refractivity contribution is -0.121. The molecule has 0 aliphatic carbocycles. The number of carboxylic acids is 1. The van der Waals surface area contributed by atoms with Crippen LogP contribution in [0.15, 0.2) is 48.5 Å². The molecule has 2 rings (SSSR count). The fourth-order valence-corrected chi connectivity index (χ4v) is 2.46. The van der Waals surface area contributed by atoms with E-state index in [1.165, 1.54) is 0 Å². The van der Waals surface area contributed by atoms with Crippen LogP contribution in [0.1, 0.15) is 40.4 Å². The zero-order valence-electron chi connectivity index (χ0n) is 14.3. The summed E-state index contributed by atoms with van der Waals surface area (Å²) in [6, 6.07) is 14.7. The van der Waals surface area contributed by atoms with Gasteiger partial charge in [0, 0.05) is 19.6 Å². The van der Waals surface area contributed by atoms with Crippen LogP contribution in [0.2, 0.25) is 0 Å². The number of hydrogen-bond donors (Lipinski definition) is 2. The van der Waals surface area contributed by atoms with Crippen LogP contribution in [-0.2, 0) is 29.1 Å². The molecule has 0 spiro atoms. The Morgan fingerprint density at radius 2 is 1.72 bits per heavy atom. The predicted molar refractivity (Wildman–Crippen MR) is 95.3 cm³/mol. The number of rotatable bonds is 9. The fraction of sp³-hybridized carbons (Fsp3) is 0.300. The van der Waals surface area contributed by atoms with E-state index < -0.39 is 5.97 Å². The highest BCUT2D eigenvalue weighted by molar-refractivity contribution is 5.89. The molecule has 0 saturated carbocycles. The number of carboxylic acid groups (broad SMARTS) is 1. The van der Waals surface area contributed by atoms with Gasteiger partial charge in [-0.25, -0.2) is 4.79 Å². The zero-order valence-corrected chi connectivity index (χ0v) is 14.3. The summed E-state index contributed by atoms with van der Waals surface area (Å²) in [6.45, 7) is 3.68. The highest BCUT2D eigenvalue weighted by Gasteiger charge is 2.10. The maximum Gasteiger partial charge on any atom is 0.335 e. The summed E-state index contributed by atoms with van der Waals surface area (Å²) in [6.07, 6.45) is 0.661. The molecular weight excluding hydrogens is 318 g/mol. The van der Waals surface area contributed by atoms with Gasteiger partial charge >= 0.3 is 5.97 Å². The van der Waals surface area contributed by atoms with Crippen molar-refractivity contribution < 1.29 is 19.4 Å². The van der Waals surface area contributed by atoms with Crippen molar-refractivity contribution in [2.24, 2.45) is 0 Å². The zero-order chi connectivity index (χ0) is 18.1. The van der Waals surface area contributed by atoms with Gasteiger partial charge < -0.3 is 15.2 Å². The second-order valence-corrected chi connectivity index (χ2v) is 5.69. The second kappa shape index (κ2) is 9.59. The minimum Gasteiger partial charge on any atom is -0.478 e. The summed E-state index contributed by atoms with van der Waals surface area (Å²) in [4.78, 5) is 23.2. The van der Waals surface area contributed by atoms with Crippen LogP contribution in [-0.4, -0.2) is 23.6 Å². The van der Waals surface area contributed by atoms with E-state index in [1.807, 2.05) is 31.2 Å². The Hall–Kier alpha value is -2.66. The van der Waals surface area contributed by atoms with Gasteiger partial charge in [0.15, 0.2) is 0 Å². The summed E-state index contributed by atoms with van der Waals surface area (Å²) in [5.41, 5.74) is 3.03. The van der Waals surface area contributed by atoms with Gasteiger partial charge in [-0.05, 0) is 36.1 Å². The molecule has 2 aromatic carbocycles. The number of amides is 1. The van der Waals surface area contributed by atoms with Gasteiger partial charge in [-0.15, -0.1) is 0 Å². The van der Waals surface area contributed by atoms with Crippen LogP contribution in [0, 0.1) is 0 Å². The van der Waals surface area contributed by atoms with Crippen molar-refractivity contribution in [3.8, 4) is 0 Å². The monoisotopic (exact) mass is 341 g/mol. The molecule has 0 aromatic heterocycles. The Morgan fingerprint density at radius 1 is 1.04 bits per heavy atom. The van der Waals surface area contributed by atoms with Crippen molar-refractivity contribution in [1.82, 2.24) is 5.32 Å². The normalized spacial score (nSPS) is 10.4. The third-order valence-corrected chi connectivity index (χ3v) is 3.85. The molecule has 1 amide bonds. The molecule has 0 aliphatic heterocycles. The van der Waals surface area contributed by atoms with Crippen molar-refractivity contribution >= 4 is 11.9 Å². The number of nitrogens with one attached hydrogen (secondary N) is 1. The number of ether oxygens (including phenoxy) is 1. The van der Waals surface area contributed by atoms with Gasteiger partial charge in [-0.1, -0.05) is 42.5 Å². The summed E-state index contributed by atoms with van der Waals surface area (Å²) in [7, 11) is 0.